The fourth-order valence-electron chi connectivity index (χ4n) is 1.06. The molecule has 0 radical (unpaired) electrons. The van der Waals surface area contributed by atoms with Crippen molar-refractivity contribution in [2.24, 2.45) is 7.05 Å². The van der Waals surface area contributed by atoms with Crippen LogP contribution in [-0.4, -0.2) is 9.55 Å². The third kappa shape index (κ3) is 2.32. The quantitative estimate of drug-likeness (QED) is 0.770. The molecule has 0 N–H and O–H groups in total. The smallest absolute Gasteiger partial charge is 0.168 e. The molecule has 0 spiro atoms. The molecule has 2 aromatic rings. The molecule has 2 rings (SSSR count). The minimum Gasteiger partial charge on any atom is -0.329 e. The molecule has 0 bridgehead atoms. The van der Waals surface area contributed by atoms with Crippen LogP contribution in [0, 0.1) is 0 Å². The molecule has 0 saturated heterocycles. The summed E-state index contributed by atoms with van der Waals surface area (Å²) in [5, 5.41) is 1.04. The minimum absolute atomic E-state index is 0.848. The summed E-state index contributed by atoms with van der Waals surface area (Å²) in [5.41, 5.74) is 0. The maximum Gasteiger partial charge on any atom is 0.168 e. The molecule has 0 aromatic carbocycles. The van der Waals surface area contributed by atoms with Crippen LogP contribution in [0.4, 0.5) is 0 Å². The standard InChI is InChI=1S/C9H9ClN2S2/c1-12-5-4-11-9(12)13-6-7-2-3-8(10)14-7/h2-5H,6H2,1H3. The van der Waals surface area contributed by atoms with Crippen LogP contribution in [0.15, 0.2) is 29.7 Å². The number of thiophene rings is 1. The Balaban J connectivity index is 1.98. The van der Waals surface area contributed by atoms with Crippen molar-refractivity contribution in [3.63, 3.8) is 0 Å². The van der Waals surface area contributed by atoms with Crippen LogP contribution in [0.2, 0.25) is 4.34 Å². The second-order valence-corrected chi connectivity index (χ2v) is 5.56. The topological polar surface area (TPSA) is 17.8 Å². The van der Waals surface area contributed by atoms with E-state index < -0.39 is 0 Å². The van der Waals surface area contributed by atoms with Crippen LogP contribution in [0.1, 0.15) is 4.88 Å². The molecule has 74 valence electrons. The third-order valence-electron chi connectivity index (χ3n) is 1.75. The molecule has 2 heterocycles. The summed E-state index contributed by atoms with van der Waals surface area (Å²) in [7, 11) is 2.00. The van der Waals surface area contributed by atoms with Gasteiger partial charge < -0.3 is 4.57 Å². The van der Waals surface area contributed by atoms with Crippen molar-refractivity contribution in [3.05, 3.63) is 33.7 Å². The number of rotatable bonds is 3. The van der Waals surface area contributed by atoms with Crippen LogP contribution in [0.5, 0.6) is 0 Å². The number of thioether (sulfide) groups is 1. The van der Waals surface area contributed by atoms with E-state index in [1.165, 1.54) is 4.88 Å². The summed E-state index contributed by atoms with van der Waals surface area (Å²) in [6, 6.07) is 3.99. The van der Waals surface area contributed by atoms with Crippen molar-refractivity contribution >= 4 is 34.7 Å². The molecule has 0 unspecified atom stereocenters. The van der Waals surface area contributed by atoms with Gasteiger partial charge in [0.05, 0.1) is 4.34 Å². The number of hydrogen-bond acceptors (Lipinski definition) is 3. The Bertz CT molecular complexity index is 422. The van der Waals surface area contributed by atoms with Crippen molar-refractivity contribution in [2.75, 3.05) is 0 Å². The maximum atomic E-state index is 5.84. The molecule has 14 heavy (non-hydrogen) atoms. The summed E-state index contributed by atoms with van der Waals surface area (Å²) < 4.78 is 2.86. The van der Waals surface area contributed by atoms with Gasteiger partial charge in [0, 0.05) is 30.1 Å². The number of aromatic nitrogens is 2. The van der Waals surface area contributed by atoms with E-state index in [1.807, 2.05) is 30.1 Å². The van der Waals surface area contributed by atoms with Gasteiger partial charge in [0.15, 0.2) is 5.16 Å². The van der Waals surface area contributed by atoms with Gasteiger partial charge in [-0.2, -0.15) is 0 Å². The molecule has 0 fully saturated rings. The van der Waals surface area contributed by atoms with E-state index in [9.17, 15) is 0 Å². The summed E-state index contributed by atoms with van der Waals surface area (Å²) >= 11 is 9.19. The summed E-state index contributed by atoms with van der Waals surface area (Å²) in [4.78, 5) is 5.52. The monoisotopic (exact) mass is 244 g/mol. The van der Waals surface area contributed by atoms with E-state index in [0.29, 0.717) is 0 Å². The van der Waals surface area contributed by atoms with Crippen LogP contribution in [0.25, 0.3) is 0 Å². The van der Waals surface area contributed by atoms with Gasteiger partial charge in [0.1, 0.15) is 0 Å². The number of hydrogen-bond donors (Lipinski definition) is 0. The van der Waals surface area contributed by atoms with Crippen LogP contribution < -0.4 is 0 Å². The van der Waals surface area contributed by atoms with Gasteiger partial charge >= 0.3 is 0 Å². The van der Waals surface area contributed by atoms with Gasteiger partial charge in [-0.3, -0.25) is 0 Å². The summed E-state index contributed by atoms with van der Waals surface area (Å²) in [5.74, 6) is 0.933. The van der Waals surface area contributed by atoms with Crippen molar-refractivity contribution in [1.82, 2.24) is 9.55 Å². The lowest BCUT2D eigenvalue weighted by molar-refractivity contribution is 0.790. The number of aryl methyl sites for hydroxylation is 1. The number of imidazole rings is 1. The first-order chi connectivity index (χ1) is 6.75. The Hall–Kier alpha value is -0.450. The molecule has 0 aliphatic heterocycles. The molecule has 2 aromatic heterocycles. The molecule has 0 atom stereocenters. The first-order valence-corrected chi connectivity index (χ1v) is 6.28. The fraction of sp³-hybridized carbons (Fsp3) is 0.222. The lowest BCUT2D eigenvalue weighted by atomic mass is 10.5. The Kier molecular flexibility index (Phi) is 3.15. The highest BCUT2D eigenvalue weighted by Gasteiger charge is 2.02. The van der Waals surface area contributed by atoms with Crippen molar-refractivity contribution in [3.8, 4) is 0 Å². The van der Waals surface area contributed by atoms with Crippen molar-refractivity contribution in [1.29, 1.82) is 0 Å². The van der Waals surface area contributed by atoms with Gasteiger partial charge in [0.2, 0.25) is 0 Å². The molecule has 0 aliphatic carbocycles. The van der Waals surface area contributed by atoms with E-state index in [-0.39, 0.29) is 0 Å². The fourth-order valence-corrected chi connectivity index (χ4v) is 3.12. The van der Waals surface area contributed by atoms with Crippen LogP contribution in [0.3, 0.4) is 0 Å². The summed E-state index contributed by atoms with van der Waals surface area (Å²) in [6.45, 7) is 0. The lowest BCUT2D eigenvalue weighted by Gasteiger charge is -1.98. The van der Waals surface area contributed by atoms with Gasteiger partial charge in [-0.15, -0.1) is 11.3 Å². The van der Waals surface area contributed by atoms with Crippen molar-refractivity contribution < 1.29 is 0 Å². The van der Waals surface area contributed by atoms with E-state index in [2.05, 4.69) is 11.1 Å². The highest BCUT2D eigenvalue weighted by molar-refractivity contribution is 7.98. The van der Waals surface area contributed by atoms with Crippen LogP contribution in [-0.2, 0) is 12.8 Å². The van der Waals surface area contributed by atoms with Gasteiger partial charge in [-0.05, 0) is 12.1 Å². The second kappa shape index (κ2) is 4.38. The Morgan fingerprint density at radius 3 is 3.00 bits per heavy atom. The third-order valence-corrected chi connectivity index (χ3v) is 4.27. The van der Waals surface area contributed by atoms with E-state index in [0.717, 1.165) is 15.2 Å². The maximum absolute atomic E-state index is 5.84. The van der Waals surface area contributed by atoms with Crippen LogP contribution >= 0.6 is 34.7 Å². The molecule has 0 saturated carbocycles. The summed E-state index contributed by atoms with van der Waals surface area (Å²) in [6.07, 6.45) is 3.76. The zero-order valence-corrected chi connectivity index (χ0v) is 9.99. The molecular weight excluding hydrogens is 236 g/mol. The molecular formula is C9H9ClN2S2. The van der Waals surface area contributed by atoms with E-state index in [1.54, 1.807) is 23.1 Å². The van der Waals surface area contributed by atoms with Gasteiger partial charge in [-0.1, -0.05) is 23.4 Å². The zero-order chi connectivity index (χ0) is 9.97. The van der Waals surface area contributed by atoms with Crippen molar-refractivity contribution in [2.45, 2.75) is 10.9 Å². The van der Waals surface area contributed by atoms with Gasteiger partial charge in [0.25, 0.3) is 0 Å². The van der Waals surface area contributed by atoms with E-state index >= 15 is 0 Å². The van der Waals surface area contributed by atoms with E-state index in [4.69, 9.17) is 11.6 Å². The average Bonchev–Trinajstić information content (AvgIpc) is 2.72. The molecule has 0 amide bonds. The first kappa shape index (κ1) is 10.1. The largest absolute Gasteiger partial charge is 0.329 e. The SMILES string of the molecule is Cn1ccnc1SCc1ccc(Cl)s1. The zero-order valence-electron chi connectivity index (χ0n) is 7.61. The Morgan fingerprint density at radius 2 is 2.43 bits per heavy atom. The highest BCUT2D eigenvalue weighted by Crippen LogP contribution is 2.27. The normalized spacial score (nSPS) is 10.7. The predicted octanol–water partition coefficient (Wildman–Crippen LogP) is 3.43. The first-order valence-electron chi connectivity index (χ1n) is 4.10. The number of nitrogens with zero attached hydrogens (tertiary/aromatic N) is 2. The minimum atomic E-state index is 0.848. The predicted molar refractivity (Wildman–Crippen MR) is 62.1 cm³/mol. The average molecular weight is 245 g/mol. The Morgan fingerprint density at radius 1 is 1.57 bits per heavy atom. The second-order valence-electron chi connectivity index (χ2n) is 2.82. The lowest BCUT2D eigenvalue weighted by Crippen LogP contribution is -1.88. The molecule has 0 aliphatic rings. The Labute approximate surface area is 95.9 Å². The molecule has 2 nitrogen and oxygen atoms in total. The highest BCUT2D eigenvalue weighted by atomic mass is 35.5. The van der Waals surface area contributed by atoms with Gasteiger partial charge in [-0.25, -0.2) is 4.98 Å². The number of halogens is 1. The molecule has 5 heteroatoms.